The quantitative estimate of drug-likeness (QED) is 0.838. The maximum absolute atomic E-state index is 12.8. The predicted molar refractivity (Wildman–Crippen MR) is 89.9 cm³/mol. The fourth-order valence-electron chi connectivity index (χ4n) is 3.88. The number of carbonyl (C=O) groups is 1. The summed E-state index contributed by atoms with van der Waals surface area (Å²) in [5.41, 5.74) is 4.31. The Labute approximate surface area is 134 Å². The van der Waals surface area contributed by atoms with Crippen molar-refractivity contribution in [3.05, 3.63) is 34.9 Å². The molecule has 3 nitrogen and oxygen atoms in total. The number of rotatable bonds is 2. The highest BCUT2D eigenvalue weighted by Gasteiger charge is 2.30. The Balaban J connectivity index is 1.72. The van der Waals surface area contributed by atoms with E-state index in [0.717, 1.165) is 45.4 Å². The lowest BCUT2D eigenvalue weighted by atomic mass is 9.88. The van der Waals surface area contributed by atoms with E-state index in [9.17, 15) is 4.79 Å². The van der Waals surface area contributed by atoms with Gasteiger partial charge in [-0.2, -0.15) is 0 Å². The Kier molecular flexibility index (Phi) is 4.53. The molecule has 3 heteroatoms. The van der Waals surface area contributed by atoms with Crippen LogP contribution < -0.4 is 0 Å². The highest BCUT2D eigenvalue weighted by Crippen LogP contribution is 2.29. The lowest BCUT2D eigenvalue weighted by Crippen LogP contribution is -2.43. The number of fused-ring (bicyclic) bond motifs is 1. The summed E-state index contributed by atoms with van der Waals surface area (Å²) in [5, 5.41) is 0. The number of benzene rings is 1. The van der Waals surface area contributed by atoms with Crippen molar-refractivity contribution in [1.82, 2.24) is 9.80 Å². The molecule has 1 aromatic carbocycles. The van der Waals surface area contributed by atoms with Gasteiger partial charge in [-0.25, -0.2) is 0 Å². The maximum atomic E-state index is 12.8. The lowest BCUT2D eigenvalue weighted by molar-refractivity contribution is -0.137. The van der Waals surface area contributed by atoms with Crippen molar-refractivity contribution in [3.63, 3.8) is 0 Å². The van der Waals surface area contributed by atoms with Gasteiger partial charge in [0.2, 0.25) is 5.91 Å². The Hall–Kier alpha value is -1.35. The topological polar surface area (TPSA) is 23.6 Å². The van der Waals surface area contributed by atoms with Crippen LogP contribution in [0.25, 0.3) is 0 Å². The van der Waals surface area contributed by atoms with Gasteiger partial charge in [0.1, 0.15) is 0 Å². The van der Waals surface area contributed by atoms with E-state index in [2.05, 4.69) is 48.9 Å². The molecule has 0 aromatic heterocycles. The van der Waals surface area contributed by atoms with Gasteiger partial charge in [-0.15, -0.1) is 0 Å². The van der Waals surface area contributed by atoms with Gasteiger partial charge in [-0.05, 0) is 62.0 Å². The molecule has 0 saturated carbocycles. The molecule has 120 valence electrons. The van der Waals surface area contributed by atoms with E-state index in [1.807, 2.05) is 0 Å². The molecule has 2 aliphatic heterocycles. The molecule has 1 saturated heterocycles. The molecule has 0 N–H and O–H groups in total. The van der Waals surface area contributed by atoms with Gasteiger partial charge in [0.05, 0.1) is 0 Å². The highest BCUT2D eigenvalue weighted by molar-refractivity contribution is 5.79. The number of hydrogen-bond acceptors (Lipinski definition) is 2. The van der Waals surface area contributed by atoms with E-state index in [-0.39, 0.29) is 5.92 Å². The molecule has 0 aliphatic carbocycles. The Morgan fingerprint density at radius 3 is 2.59 bits per heavy atom. The van der Waals surface area contributed by atoms with Crippen LogP contribution in [0.15, 0.2) is 18.2 Å². The molecule has 2 heterocycles. The van der Waals surface area contributed by atoms with Crippen LogP contribution in [0.5, 0.6) is 0 Å². The number of amides is 1. The summed E-state index contributed by atoms with van der Waals surface area (Å²) in [7, 11) is 2.14. The van der Waals surface area contributed by atoms with Crippen molar-refractivity contribution in [2.24, 2.45) is 5.92 Å². The minimum Gasteiger partial charge on any atom is -0.338 e. The Morgan fingerprint density at radius 2 is 1.91 bits per heavy atom. The van der Waals surface area contributed by atoms with E-state index in [1.165, 1.54) is 16.7 Å². The van der Waals surface area contributed by atoms with Gasteiger partial charge >= 0.3 is 0 Å². The summed E-state index contributed by atoms with van der Waals surface area (Å²) in [5.74, 6) is 1.19. The highest BCUT2D eigenvalue weighted by atomic mass is 16.2. The Morgan fingerprint density at radius 1 is 1.18 bits per heavy atom. The molecule has 22 heavy (non-hydrogen) atoms. The van der Waals surface area contributed by atoms with Gasteiger partial charge < -0.3 is 9.80 Å². The second-order valence-corrected chi connectivity index (χ2v) is 7.23. The lowest BCUT2D eigenvalue weighted by Gasteiger charge is -2.35. The monoisotopic (exact) mass is 300 g/mol. The van der Waals surface area contributed by atoms with E-state index >= 15 is 0 Å². The fraction of sp³-hybridized carbons (Fsp3) is 0.632. The summed E-state index contributed by atoms with van der Waals surface area (Å²) >= 11 is 0. The third-order valence-electron chi connectivity index (χ3n) is 5.30. The first kappa shape index (κ1) is 15.5. The van der Waals surface area contributed by atoms with Gasteiger partial charge in [0.25, 0.3) is 0 Å². The number of likely N-dealkylation sites (tertiary alicyclic amines) is 1. The number of piperidine rings is 1. The largest absolute Gasteiger partial charge is 0.338 e. The van der Waals surface area contributed by atoms with Crippen LogP contribution in [0.1, 0.15) is 49.3 Å². The zero-order chi connectivity index (χ0) is 15.7. The van der Waals surface area contributed by atoms with Crippen LogP contribution in [-0.4, -0.2) is 42.4 Å². The first-order valence-electron chi connectivity index (χ1n) is 8.64. The van der Waals surface area contributed by atoms with Gasteiger partial charge in [0, 0.05) is 19.0 Å². The second kappa shape index (κ2) is 6.41. The minimum absolute atomic E-state index is 0.242. The molecule has 1 aromatic rings. The third-order valence-corrected chi connectivity index (χ3v) is 5.30. The molecule has 2 aliphatic rings. The van der Waals surface area contributed by atoms with Gasteiger partial charge in [0.15, 0.2) is 0 Å². The molecule has 0 unspecified atom stereocenters. The molecular weight excluding hydrogens is 272 g/mol. The van der Waals surface area contributed by atoms with Gasteiger partial charge in [-0.1, -0.05) is 32.0 Å². The summed E-state index contributed by atoms with van der Waals surface area (Å²) < 4.78 is 0. The van der Waals surface area contributed by atoms with Crippen molar-refractivity contribution in [1.29, 1.82) is 0 Å². The summed E-state index contributed by atoms with van der Waals surface area (Å²) in [6, 6.07) is 6.60. The van der Waals surface area contributed by atoms with E-state index in [4.69, 9.17) is 0 Å². The van der Waals surface area contributed by atoms with Gasteiger partial charge in [-0.3, -0.25) is 4.79 Å². The first-order chi connectivity index (χ1) is 10.6. The molecule has 0 spiro atoms. The van der Waals surface area contributed by atoms with E-state index in [0.29, 0.717) is 11.8 Å². The standard InChI is InChI=1S/C19H28N2O/c1-14(2)17-6-4-5-16-13-21(12-9-18(16)17)19(22)15-7-10-20(3)11-8-15/h4-6,14-15H,7-13H2,1-3H3. The van der Waals surface area contributed by atoms with Crippen LogP contribution >= 0.6 is 0 Å². The molecular formula is C19H28N2O. The summed E-state index contributed by atoms with van der Waals surface area (Å²) in [6.45, 7) is 8.32. The number of hydrogen-bond donors (Lipinski definition) is 0. The van der Waals surface area contributed by atoms with Crippen molar-refractivity contribution >= 4 is 5.91 Å². The predicted octanol–water partition coefficient (Wildman–Crippen LogP) is 3.04. The molecule has 0 bridgehead atoms. The van der Waals surface area contributed by atoms with Crippen molar-refractivity contribution in [2.45, 2.75) is 45.6 Å². The third kappa shape index (κ3) is 3.05. The smallest absolute Gasteiger partial charge is 0.226 e. The number of nitrogens with zero attached hydrogens (tertiary/aromatic N) is 2. The van der Waals surface area contributed by atoms with Crippen LogP contribution in [0.4, 0.5) is 0 Å². The van der Waals surface area contributed by atoms with Crippen molar-refractivity contribution in [2.75, 3.05) is 26.7 Å². The van der Waals surface area contributed by atoms with Crippen molar-refractivity contribution in [3.8, 4) is 0 Å². The average molecular weight is 300 g/mol. The molecule has 0 radical (unpaired) electrons. The molecule has 0 atom stereocenters. The van der Waals surface area contributed by atoms with E-state index in [1.54, 1.807) is 0 Å². The zero-order valence-electron chi connectivity index (χ0n) is 14.1. The second-order valence-electron chi connectivity index (χ2n) is 7.23. The van der Waals surface area contributed by atoms with Crippen molar-refractivity contribution < 1.29 is 4.79 Å². The zero-order valence-corrected chi connectivity index (χ0v) is 14.1. The summed E-state index contributed by atoms with van der Waals surface area (Å²) in [6.07, 6.45) is 3.05. The molecule has 3 rings (SSSR count). The SMILES string of the molecule is CC(C)c1cccc2c1CCN(C(=O)C1CCN(C)CC1)C2. The Bertz CT molecular complexity index is 544. The normalized spacial score (nSPS) is 20.3. The number of carbonyl (C=O) groups excluding carboxylic acids is 1. The minimum atomic E-state index is 0.242. The molecule has 1 fully saturated rings. The van der Waals surface area contributed by atoms with Crippen LogP contribution in [0.3, 0.4) is 0 Å². The van der Waals surface area contributed by atoms with Crippen LogP contribution in [0, 0.1) is 5.92 Å². The fourth-order valence-corrected chi connectivity index (χ4v) is 3.88. The average Bonchev–Trinajstić information content (AvgIpc) is 2.53. The maximum Gasteiger partial charge on any atom is 0.226 e. The summed E-state index contributed by atoms with van der Waals surface area (Å²) in [4.78, 5) is 17.2. The molecule has 1 amide bonds. The van der Waals surface area contributed by atoms with E-state index < -0.39 is 0 Å². The van der Waals surface area contributed by atoms with Crippen LogP contribution in [-0.2, 0) is 17.8 Å². The van der Waals surface area contributed by atoms with Crippen LogP contribution in [0.2, 0.25) is 0 Å². The first-order valence-corrected chi connectivity index (χ1v) is 8.64.